The van der Waals surface area contributed by atoms with E-state index in [1.54, 1.807) is 0 Å². The van der Waals surface area contributed by atoms with E-state index in [2.05, 4.69) is 28.6 Å². The van der Waals surface area contributed by atoms with E-state index in [1.165, 1.54) is 23.3 Å². The largest absolute Gasteiger partial charge is 0.313 e. The van der Waals surface area contributed by atoms with Crippen LogP contribution in [0.1, 0.15) is 24.8 Å². The molecule has 2 heterocycles. The Bertz CT molecular complexity index is 607. The predicted molar refractivity (Wildman–Crippen MR) is 85.9 cm³/mol. The van der Waals surface area contributed by atoms with Gasteiger partial charge in [0.15, 0.2) is 5.13 Å². The van der Waals surface area contributed by atoms with Gasteiger partial charge in [0.1, 0.15) is 0 Å². The molecule has 2 N–H and O–H groups in total. The zero-order valence-corrected chi connectivity index (χ0v) is 12.9. The first-order chi connectivity index (χ1) is 9.20. The number of benzene rings is 1. The summed E-state index contributed by atoms with van der Waals surface area (Å²) in [5, 5.41) is 6.93. The number of carbonyl (C=O) groups is 1. The number of thiazole rings is 1. The zero-order chi connectivity index (χ0) is 13.2. The third kappa shape index (κ3) is 3.48. The van der Waals surface area contributed by atoms with Crippen LogP contribution in [0, 0.1) is 6.92 Å². The predicted octanol–water partition coefficient (Wildman–Crippen LogP) is 3.11. The molecule has 6 heteroatoms. The van der Waals surface area contributed by atoms with Gasteiger partial charge in [0, 0.05) is 12.5 Å². The minimum Gasteiger partial charge on any atom is -0.313 e. The van der Waals surface area contributed by atoms with Crippen LogP contribution in [0.15, 0.2) is 18.2 Å². The Labute approximate surface area is 128 Å². The average molecular weight is 312 g/mol. The van der Waals surface area contributed by atoms with Crippen LogP contribution in [0.3, 0.4) is 0 Å². The highest BCUT2D eigenvalue weighted by molar-refractivity contribution is 7.22. The van der Waals surface area contributed by atoms with E-state index < -0.39 is 0 Å². The summed E-state index contributed by atoms with van der Waals surface area (Å²) in [6.45, 7) is 3.08. The molecule has 1 amide bonds. The van der Waals surface area contributed by atoms with Crippen LogP contribution in [0.4, 0.5) is 5.13 Å². The van der Waals surface area contributed by atoms with Crippen LogP contribution in [0.2, 0.25) is 0 Å². The van der Waals surface area contributed by atoms with E-state index in [1.807, 2.05) is 12.1 Å². The molecule has 1 aliphatic rings. The fraction of sp³-hybridized carbons (Fsp3) is 0.429. The van der Waals surface area contributed by atoms with Crippen LogP contribution in [0.25, 0.3) is 10.2 Å². The number of fused-ring (bicyclic) bond motifs is 1. The van der Waals surface area contributed by atoms with Gasteiger partial charge in [0.2, 0.25) is 5.91 Å². The van der Waals surface area contributed by atoms with Gasteiger partial charge in [-0.05, 0) is 44.0 Å². The van der Waals surface area contributed by atoms with Crippen molar-refractivity contribution in [2.45, 2.75) is 32.2 Å². The summed E-state index contributed by atoms with van der Waals surface area (Å²) < 4.78 is 1.12. The lowest BCUT2D eigenvalue weighted by atomic mass is 10.1. The Hall–Kier alpha value is -1.17. The lowest BCUT2D eigenvalue weighted by Crippen LogP contribution is -2.27. The van der Waals surface area contributed by atoms with Crippen LogP contribution in [0.5, 0.6) is 0 Å². The van der Waals surface area contributed by atoms with Gasteiger partial charge in [-0.3, -0.25) is 4.79 Å². The number of hydrogen-bond donors (Lipinski definition) is 2. The monoisotopic (exact) mass is 311 g/mol. The van der Waals surface area contributed by atoms with Crippen molar-refractivity contribution in [1.82, 2.24) is 10.3 Å². The Kier molecular flexibility index (Phi) is 4.96. The molecular formula is C14H18ClN3OS. The third-order valence-corrected chi connectivity index (χ3v) is 4.32. The number of nitrogens with one attached hydrogen (secondary N) is 2. The van der Waals surface area contributed by atoms with Crippen molar-refractivity contribution in [2.24, 2.45) is 0 Å². The van der Waals surface area contributed by atoms with Gasteiger partial charge in [-0.25, -0.2) is 4.98 Å². The van der Waals surface area contributed by atoms with Crippen LogP contribution < -0.4 is 10.6 Å². The second kappa shape index (κ2) is 6.52. The number of aromatic nitrogens is 1. The molecule has 1 unspecified atom stereocenters. The minimum absolute atomic E-state index is 0. The molecule has 0 spiro atoms. The molecule has 3 rings (SSSR count). The fourth-order valence-corrected chi connectivity index (χ4v) is 3.39. The van der Waals surface area contributed by atoms with Gasteiger partial charge >= 0.3 is 0 Å². The summed E-state index contributed by atoms with van der Waals surface area (Å²) in [6, 6.07) is 6.46. The molecule has 1 fully saturated rings. The molecule has 1 saturated heterocycles. The van der Waals surface area contributed by atoms with Crippen molar-refractivity contribution >= 4 is 45.0 Å². The highest BCUT2D eigenvalue weighted by atomic mass is 35.5. The van der Waals surface area contributed by atoms with E-state index in [4.69, 9.17) is 0 Å². The van der Waals surface area contributed by atoms with E-state index in [-0.39, 0.29) is 18.3 Å². The molecule has 0 bridgehead atoms. The molecular weight excluding hydrogens is 294 g/mol. The normalized spacial score (nSPS) is 17.9. The molecule has 1 aliphatic heterocycles. The van der Waals surface area contributed by atoms with Crippen molar-refractivity contribution < 1.29 is 4.79 Å². The maximum absolute atomic E-state index is 11.9. The molecule has 20 heavy (non-hydrogen) atoms. The smallest absolute Gasteiger partial charge is 0.227 e. The number of anilines is 1. The van der Waals surface area contributed by atoms with E-state index in [0.717, 1.165) is 23.2 Å². The number of carbonyl (C=O) groups excluding carboxylic acids is 1. The maximum atomic E-state index is 11.9. The Morgan fingerprint density at radius 1 is 1.55 bits per heavy atom. The topological polar surface area (TPSA) is 54.0 Å². The second-order valence-corrected chi connectivity index (χ2v) is 6.07. The standard InChI is InChI=1S/C14H17N3OS.ClH/c1-9-4-5-11-12(7-9)19-14(16-11)17-13(18)8-10-3-2-6-15-10;/h4-5,7,10,15H,2-3,6,8H2,1H3,(H,16,17,18);1H. The number of halogens is 1. The Morgan fingerprint density at radius 2 is 2.40 bits per heavy atom. The van der Waals surface area contributed by atoms with Crippen molar-refractivity contribution in [3.63, 3.8) is 0 Å². The molecule has 4 nitrogen and oxygen atoms in total. The van der Waals surface area contributed by atoms with Gasteiger partial charge in [0.25, 0.3) is 0 Å². The van der Waals surface area contributed by atoms with Crippen molar-refractivity contribution in [3.8, 4) is 0 Å². The van der Waals surface area contributed by atoms with Crippen LogP contribution in [-0.4, -0.2) is 23.5 Å². The summed E-state index contributed by atoms with van der Waals surface area (Å²) in [4.78, 5) is 16.4. The van der Waals surface area contributed by atoms with Gasteiger partial charge in [0.05, 0.1) is 10.2 Å². The number of rotatable bonds is 3. The summed E-state index contributed by atoms with van der Waals surface area (Å²) in [6.07, 6.45) is 2.79. The Morgan fingerprint density at radius 3 is 3.15 bits per heavy atom. The van der Waals surface area contributed by atoms with Gasteiger partial charge in [-0.15, -0.1) is 12.4 Å². The lowest BCUT2D eigenvalue weighted by molar-refractivity contribution is -0.116. The lowest BCUT2D eigenvalue weighted by Gasteiger charge is -2.08. The van der Waals surface area contributed by atoms with Crippen molar-refractivity contribution in [3.05, 3.63) is 23.8 Å². The summed E-state index contributed by atoms with van der Waals surface area (Å²) >= 11 is 1.53. The van der Waals surface area contributed by atoms with Crippen molar-refractivity contribution in [2.75, 3.05) is 11.9 Å². The molecule has 1 atom stereocenters. The SMILES string of the molecule is Cc1ccc2nc(NC(=O)CC3CCCN3)sc2c1.Cl. The van der Waals surface area contributed by atoms with E-state index in [0.29, 0.717) is 17.6 Å². The molecule has 1 aromatic heterocycles. The quantitative estimate of drug-likeness (QED) is 0.916. The number of hydrogen-bond acceptors (Lipinski definition) is 4. The number of aryl methyl sites for hydroxylation is 1. The average Bonchev–Trinajstić information content (AvgIpc) is 2.97. The van der Waals surface area contributed by atoms with Crippen LogP contribution >= 0.6 is 23.7 Å². The van der Waals surface area contributed by atoms with Crippen molar-refractivity contribution in [1.29, 1.82) is 0 Å². The first-order valence-corrected chi connectivity index (χ1v) is 7.43. The van der Waals surface area contributed by atoms with E-state index in [9.17, 15) is 4.79 Å². The first-order valence-electron chi connectivity index (χ1n) is 6.61. The fourth-order valence-electron chi connectivity index (χ4n) is 2.41. The second-order valence-electron chi connectivity index (χ2n) is 5.04. The Balaban J connectivity index is 0.00000147. The molecule has 2 aromatic rings. The van der Waals surface area contributed by atoms with Crippen LogP contribution in [-0.2, 0) is 4.79 Å². The minimum atomic E-state index is 0. The number of amides is 1. The van der Waals surface area contributed by atoms with Gasteiger partial charge < -0.3 is 10.6 Å². The summed E-state index contributed by atoms with van der Waals surface area (Å²) in [5.74, 6) is 0.0511. The summed E-state index contributed by atoms with van der Waals surface area (Å²) in [5.41, 5.74) is 2.16. The highest BCUT2D eigenvalue weighted by Gasteiger charge is 2.18. The van der Waals surface area contributed by atoms with Gasteiger partial charge in [-0.1, -0.05) is 17.4 Å². The molecule has 0 saturated carbocycles. The zero-order valence-electron chi connectivity index (χ0n) is 11.3. The van der Waals surface area contributed by atoms with E-state index >= 15 is 0 Å². The third-order valence-electron chi connectivity index (χ3n) is 3.38. The number of nitrogens with zero attached hydrogens (tertiary/aromatic N) is 1. The highest BCUT2D eigenvalue weighted by Crippen LogP contribution is 2.26. The van der Waals surface area contributed by atoms with Gasteiger partial charge in [-0.2, -0.15) is 0 Å². The summed E-state index contributed by atoms with van der Waals surface area (Å²) in [7, 11) is 0. The molecule has 108 valence electrons. The molecule has 0 aliphatic carbocycles. The first kappa shape index (κ1) is 15.2. The maximum Gasteiger partial charge on any atom is 0.227 e. The molecule has 1 aromatic carbocycles. The molecule has 0 radical (unpaired) electrons.